The van der Waals surface area contributed by atoms with Crippen LogP contribution in [0.4, 0.5) is 0 Å². The zero-order valence-corrected chi connectivity index (χ0v) is 14.4. The van der Waals surface area contributed by atoms with Gasteiger partial charge < -0.3 is 4.57 Å². The first-order valence-corrected chi connectivity index (χ1v) is 8.62. The molecule has 0 spiro atoms. The number of aromatic nitrogens is 3. The molecule has 1 fully saturated rings. The lowest BCUT2D eigenvalue weighted by molar-refractivity contribution is 0.555. The Balaban J connectivity index is 1.47. The number of hydrogen-bond acceptors (Lipinski definition) is 5. The molecule has 0 amide bonds. The number of nitrogens with zero attached hydrogens (tertiary/aromatic N) is 3. The molecule has 2 aromatic heterocycles. The molecule has 4 rings (SSSR count). The summed E-state index contributed by atoms with van der Waals surface area (Å²) in [7, 11) is 0. The van der Waals surface area contributed by atoms with E-state index in [9.17, 15) is 0 Å². The Bertz CT molecular complexity index is 856. The molecule has 0 bridgehead atoms. The number of halogens is 1. The number of aryl methyl sites for hydroxylation is 2. The van der Waals surface area contributed by atoms with Crippen molar-refractivity contribution in [3.05, 3.63) is 71.3 Å². The third-order valence-electron chi connectivity index (χ3n) is 4.32. The highest BCUT2D eigenvalue weighted by Gasteiger charge is 2.16. The summed E-state index contributed by atoms with van der Waals surface area (Å²) in [6.45, 7) is 1.66. The molecular formula is C18H19ClN6. The van der Waals surface area contributed by atoms with Crippen molar-refractivity contribution in [3.8, 4) is 11.4 Å². The lowest BCUT2D eigenvalue weighted by atomic mass is 10.1. The van der Waals surface area contributed by atoms with E-state index in [0.29, 0.717) is 0 Å². The van der Waals surface area contributed by atoms with E-state index in [2.05, 4.69) is 43.1 Å². The quantitative estimate of drug-likeness (QED) is 0.657. The fourth-order valence-electron chi connectivity index (χ4n) is 2.91. The third kappa shape index (κ3) is 3.72. The number of benzene rings is 1. The monoisotopic (exact) mass is 354 g/mol. The Labute approximate surface area is 151 Å². The van der Waals surface area contributed by atoms with Crippen LogP contribution >= 0.6 is 11.6 Å². The highest BCUT2D eigenvalue weighted by atomic mass is 35.5. The Hall–Kier alpha value is -2.25. The maximum Gasteiger partial charge on any atom is 0.107 e. The predicted molar refractivity (Wildman–Crippen MR) is 97.6 cm³/mol. The van der Waals surface area contributed by atoms with Gasteiger partial charge in [0.2, 0.25) is 0 Å². The molecule has 128 valence electrons. The zero-order valence-electron chi connectivity index (χ0n) is 13.6. The molecule has 6 nitrogen and oxygen atoms in total. The topological polar surface area (TPSA) is 66.8 Å². The van der Waals surface area contributed by atoms with E-state index in [-0.39, 0.29) is 6.04 Å². The first-order chi connectivity index (χ1) is 12.3. The molecule has 1 saturated heterocycles. The molecule has 3 N–H and O–H groups in total. The molecule has 1 aliphatic heterocycles. The minimum absolute atomic E-state index is 0.226. The van der Waals surface area contributed by atoms with Gasteiger partial charge in [-0.05, 0) is 35.7 Å². The fraction of sp³-hybridized carbons (Fsp3) is 0.222. The van der Waals surface area contributed by atoms with E-state index in [1.165, 1.54) is 5.56 Å². The summed E-state index contributed by atoms with van der Waals surface area (Å²) in [4.78, 5) is 8.97. The highest BCUT2D eigenvalue weighted by molar-refractivity contribution is 6.31. The first-order valence-electron chi connectivity index (χ1n) is 8.24. The maximum absolute atomic E-state index is 6.22. The lowest BCUT2D eigenvalue weighted by Crippen LogP contribution is -2.30. The second-order valence-electron chi connectivity index (χ2n) is 6.02. The van der Waals surface area contributed by atoms with Gasteiger partial charge in [-0.25, -0.2) is 15.8 Å². The number of hydrogen-bond donors (Lipinski definition) is 3. The summed E-state index contributed by atoms with van der Waals surface area (Å²) in [6, 6.07) is 12.3. The summed E-state index contributed by atoms with van der Waals surface area (Å²) in [6.07, 6.45) is 6.57. The van der Waals surface area contributed by atoms with E-state index in [0.717, 1.165) is 41.5 Å². The first kappa shape index (κ1) is 16.2. The SMILES string of the molecule is Clc1ccccc1CCn1cnc(-c2cc(C3CNNN3)ccn2)c1. The Morgan fingerprint density at radius 3 is 2.92 bits per heavy atom. The van der Waals surface area contributed by atoms with Crippen LogP contribution in [0.3, 0.4) is 0 Å². The van der Waals surface area contributed by atoms with Gasteiger partial charge in [-0.3, -0.25) is 4.98 Å². The predicted octanol–water partition coefficient (Wildman–Crippen LogP) is 2.49. The summed E-state index contributed by atoms with van der Waals surface area (Å²) >= 11 is 6.22. The summed E-state index contributed by atoms with van der Waals surface area (Å²) in [5.74, 6) is 0. The van der Waals surface area contributed by atoms with Crippen LogP contribution in [0.2, 0.25) is 5.02 Å². The van der Waals surface area contributed by atoms with Crippen molar-refractivity contribution in [3.63, 3.8) is 0 Å². The second kappa shape index (κ2) is 7.33. The molecule has 0 aliphatic carbocycles. The number of rotatable bonds is 5. The Morgan fingerprint density at radius 1 is 1.16 bits per heavy atom. The smallest absolute Gasteiger partial charge is 0.107 e. The van der Waals surface area contributed by atoms with Crippen LogP contribution in [-0.2, 0) is 13.0 Å². The summed E-state index contributed by atoms with van der Waals surface area (Å²) in [5, 5.41) is 0.809. The molecule has 0 saturated carbocycles. The van der Waals surface area contributed by atoms with E-state index < -0.39 is 0 Å². The Morgan fingerprint density at radius 2 is 2.08 bits per heavy atom. The number of pyridine rings is 1. The van der Waals surface area contributed by atoms with Gasteiger partial charge in [-0.15, -0.1) is 0 Å². The largest absolute Gasteiger partial charge is 0.336 e. The van der Waals surface area contributed by atoms with Gasteiger partial charge in [-0.1, -0.05) is 29.8 Å². The van der Waals surface area contributed by atoms with Gasteiger partial charge in [0.25, 0.3) is 0 Å². The fourth-order valence-corrected chi connectivity index (χ4v) is 3.14. The van der Waals surface area contributed by atoms with Crippen LogP contribution in [0, 0.1) is 0 Å². The third-order valence-corrected chi connectivity index (χ3v) is 4.69. The molecule has 1 aliphatic rings. The maximum atomic E-state index is 6.22. The van der Waals surface area contributed by atoms with Crippen molar-refractivity contribution < 1.29 is 0 Å². The Kier molecular flexibility index (Phi) is 4.76. The van der Waals surface area contributed by atoms with Crippen molar-refractivity contribution in [2.75, 3.05) is 6.54 Å². The van der Waals surface area contributed by atoms with Gasteiger partial charge in [0.1, 0.15) is 5.69 Å². The normalized spacial score (nSPS) is 17.1. The van der Waals surface area contributed by atoms with Crippen LogP contribution in [0.25, 0.3) is 11.4 Å². The van der Waals surface area contributed by atoms with Crippen molar-refractivity contribution >= 4 is 11.6 Å². The molecule has 3 aromatic rings. The van der Waals surface area contributed by atoms with E-state index in [1.54, 1.807) is 0 Å². The van der Waals surface area contributed by atoms with Crippen molar-refractivity contribution in [1.29, 1.82) is 0 Å². The van der Waals surface area contributed by atoms with E-state index in [1.807, 2.05) is 43.0 Å². The van der Waals surface area contributed by atoms with Crippen molar-refractivity contribution in [2.45, 2.75) is 19.0 Å². The molecule has 3 heterocycles. The molecule has 7 heteroatoms. The molecular weight excluding hydrogens is 336 g/mol. The highest BCUT2D eigenvalue weighted by Crippen LogP contribution is 2.21. The summed E-state index contributed by atoms with van der Waals surface area (Å²) in [5.41, 5.74) is 13.2. The molecule has 1 aromatic carbocycles. The number of imidazole rings is 1. The number of hydrazine groups is 2. The molecule has 1 atom stereocenters. The van der Waals surface area contributed by atoms with Gasteiger partial charge in [-0.2, -0.15) is 5.53 Å². The van der Waals surface area contributed by atoms with Crippen LogP contribution < -0.4 is 16.4 Å². The number of nitrogens with one attached hydrogen (secondary N) is 3. The van der Waals surface area contributed by atoms with E-state index in [4.69, 9.17) is 11.6 Å². The summed E-state index contributed by atoms with van der Waals surface area (Å²) < 4.78 is 2.07. The average Bonchev–Trinajstić information content (AvgIpc) is 3.33. The lowest BCUT2D eigenvalue weighted by Gasteiger charge is -2.09. The molecule has 1 unspecified atom stereocenters. The van der Waals surface area contributed by atoms with Gasteiger partial charge in [0.15, 0.2) is 0 Å². The average molecular weight is 355 g/mol. The van der Waals surface area contributed by atoms with Crippen LogP contribution in [0.15, 0.2) is 55.1 Å². The van der Waals surface area contributed by atoms with Gasteiger partial charge in [0, 0.05) is 30.5 Å². The van der Waals surface area contributed by atoms with Crippen molar-refractivity contribution in [1.82, 2.24) is 30.9 Å². The second-order valence-corrected chi connectivity index (χ2v) is 6.42. The van der Waals surface area contributed by atoms with Gasteiger partial charge >= 0.3 is 0 Å². The van der Waals surface area contributed by atoms with Crippen LogP contribution in [0.1, 0.15) is 17.2 Å². The molecule has 0 radical (unpaired) electrons. The van der Waals surface area contributed by atoms with Crippen LogP contribution in [0.5, 0.6) is 0 Å². The van der Waals surface area contributed by atoms with Gasteiger partial charge in [0.05, 0.1) is 18.1 Å². The van der Waals surface area contributed by atoms with E-state index >= 15 is 0 Å². The minimum Gasteiger partial charge on any atom is -0.336 e. The standard InChI is InChI=1S/C18H19ClN6/c19-15-4-2-1-3-13(15)6-8-25-11-18(21-12-25)16-9-14(5-7-20-16)17-10-22-24-23-17/h1-5,7,9,11-12,17,22-24H,6,8,10H2. The minimum atomic E-state index is 0.226. The van der Waals surface area contributed by atoms with Crippen molar-refractivity contribution in [2.24, 2.45) is 0 Å². The van der Waals surface area contributed by atoms with Crippen LogP contribution in [-0.4, -0.2) is 21.1 Å². The zero-order chi connectivity index (χ0) is 17.1. The molecule has 25 heavy (non-hydrogen) atoms.